The number of fused-ring (bicyclic) bond motifs is 1. The molecule has 0 spiro atoms. The van der Waals surface area contributed by atoms with Gasteiger partial charge in [-0.1, -0.05) is 6.07 Å². The van der Waals surface area contributed by atoms with Gasteiger partial charge in [-0.05, 0) is 37.1 Å². The smallest absolute Gasteiger partial charge is 0.264 e. The number of aromatic nitrogens is 4. The van der Waals surface area contributed by atoms with E-state index >= 15 is 0 Å². The number of aromatic amines is 1. The molecular weight excluding hydrogens is 348 g/mol. The highest BCUT2D eigenvalue weighted by molar-refractivity contribution is 6.06. The summed E-state index contributed by atoms with van der Waals surface area (Å²) in [5.74, 6) is -0.0866. The van der Waals surface area contributed by atoms with Gasteiger partial charge in [0.15, 0.2) is 5.82 Å². The van der Waals surface area contributed by atoms with Crippen molar-refractivity contribution in [2.45, 2.75) is 13.3 Å². The molecule has 3 N–H and O–H groups in total. The van der Waals surface area contributed by atoms with Crippen LogP contribution in [0, 0.1) is 6.92 Å². The van der Waals surface area contributed by atoms with Crippen molar-refractivity contribution in [2.24, 2.45) is 0 Å². The molecule has 0 bridgehead atoms. The summed E-state index contributed by atoms with van der Waals surface area (Å²) in [5, 5.41) is 16.0. The fourth-order valence-electron chi connectivity index (χ4n) is 3.01. The van der Waals surface area contributed by atoms with E-state index in [9.17, 15) is 14.4 Å². The Morgan fingerprint density at radius 1 is 1.22 bits per heavy atom. The quantitative estimate of drug-likeness (QED) is 0.635. The van der Waals surface area contributed by atoms with Crippen molar-refractivity contribution in [2.75, 3.05) is 11.9 Å². The minimum Gasteiger partial charge on any atom is -0.352 e. The predicted molar refractivity (Wildman–Crippen MR) is 97.1 cm³/mol. The number of nitrogens with one attached hydrogen (secondary N) is 3. The van der Waals surface area contributed by atoms with E-state index < -0.39 is 0 Å². The fourth-order valence-corrected chi connectivity index (χ4v) is 3.01. The van der Waals surface area contributed by atoms with E-state index in [-0.39, 0.29) is 17.4 Å². The van der Waals surface area contributed by atoms with Crippen LogP contribution >= 0.6 is 0 Å². The number of rotatable bonds is 3. The van der Waals surface area contributed by atoms with Crippen molar-refractivity contribution in [1.82, 2.24) is 25.3 Å². The molecule has 9 heteroatoms. The molecule has 136 valence electrons. The Bertz CT molecular complexity index is 1090. The summed E-state index contributed by atoms with van der Waals surface area (Å²) in [6, 6.07) is 8.15. The lowest BCUT2D eigenvalue weighted by atomic mass is 10.00. The van der Waals surface area contributed by atoms with E-state index in [1.807, 2.05) is 6.07 Å². The van der Waals surface area contributed by atoms with E-state index in [0.717, 1.165) is 12.0 Å². The Morgan fingerprint density at radius 3 is 2.85 bits per heavy atom. The van der Waals surface area contributed by atoms with Crippen molar-refractivity contribution in [3.63, 3.8) is 0 Å². The van der Waals surface area contributed by atoms with Crippen molar-refractivity contribution in [3.05, 3.63) is 69.3 Å². The Hall–Kier alpha value is -3.75. The molecule has 1 aliphatic rings. The van der Waals surface area contributed by atoms with Gasteiger partial charge in [0.2, 0.25) is 0 Å². The van der Waals surface area contributed by atoms with Crippen LogP contribution in [-0.2, 0) is 6.42 Å². The molecule has 3 heterocycles. The molecule has 0 unspecified atom stereocenters. The van der Waals surface area contributed by atoms with Crippen LogP contribution in [-0.4, -0.2) is 38.3 Å². The number of hydrogen-bond donors (Lipinski definition) is 3. The third-order valence-corrected chi connectivity index (χ3v) is 4.43. The van der Waals surface area contributed by atoms with Gasteiger partial charge >= 0.3 is 0 Å². The summed E-state index contributed by atoms with van der Waals surface area (Å²) in [6.07, 6.45) is 2.20. The summed E-state index contributed by atoms with van der Waals surface area (Å²) in [6.45, 7) is 2.35. The second kappa shape index (κ2) is 6.52. The van der Waals surface area contributed by atoms with Crippen LogP contribution in [0.2, 0.25) is 0 Å². The lowest BCUT2D eigenvalue weighted by molar-refractivity contribution is 0.0944. The Balaban J connectivity index is 1.59. The van der Waals surface area contributed by atoms with Gasteiger partial charge in [-0.15, -0.1) is 0 Å². The van der Waals surface area contributed by atoms with Gasteiger partial charge in [0.05, 0.1) is 17.5 Å². The minimum atomic E-state index is -0.348. The summed E-state index contributed by atoms with van der Waals surface area (Å²) < 4.78 is 1.46. The molecule has 0 radical (unpaired) electrons. The summed E-state index contributed by atoms with van der Waals surface area (Å²) >= 11 is 0. The SMILES string of the molecule is Cc1c(C(=O)Nc2ccc3c(c2)C(=O)NCC3)cnn1-c1ccc(=O)[nH]n1. The van der Waals surface area contributed by atoms with E-state index in [1.54, 1.807) is 19.1 Å². The first-order valence-electron chi connectivity index (χ1n) is 8.36. The van der Waals surface area contributed by atoms with Gasteiger partial charge < -0.3 is 10.6 Å². The highest BCUT2D eigenvalue weighted by Gasteiger charge is 2.19. The lowest BCUT2D eigenvalue weighted by Crippen LogP contribution is -2.31. The lowest BCUT2D eigenvalue weighted by Gasteiger charge is -2.17. The van der Waals surface area contributed by atoms with Crippen LogP contribution in [0.5, 0.6) is 0 Å². The third-order valence-electron chi connectivity index (χ3n) is 4.43. The first-order valence-corrected chi connectivity index (χ1v) is 8.36. The van der Waals surface area contributed by atoms with Gasteiger partial charge in [-0.3, -0.25) is 14.4 Å². The van der Waals surface area contributed by atoms with Gasteiger partial charge in [-0.25, -0.2) is 9.78 Å². The normalized spacial score (nSPS) is 13.0. The molecule has 0 saturated carbocycles. The molecule has 3 aromatic rings. The largest absolute Gasteiger partial charge is 0.352 e. The highest BCUT2D eigenvalue weighted by Crippen LogP contribution is 2.20. The van der Waals surface area contributed by atoms with Gasteiger partial charge in [0.25, 0.3) is 17.4 Å². The molecule has 0 atom stereocenters. The van der Waals surface area contributed by atoms with Crippen LogP contribution in [0.25, 0.3) is 5.82 Å². The zero-order valence-electron chi connectivity index (χ0n) is 14.4. The molecular formula is C18H16N6O3. The second-order valence-corrected chi connectivity index (χ2v) is 6.17. The van der Waals surface area contributed by atoms with Crippen molar-refractivity contribution >= 4 is 17.5 Å². The maximum atomic E-state index is 12.6. The Morgan fingerprint density at radius 2 is 2.07 bits per heavy atom. The van der Waals surface area contributed by atoms with Crippen LogP contribution in [0.1, 0.15) is 32.0 Å². The zero-order valence-corrected chi connectivity index (χ0v) is 14.4. The zero-order chi connectivity index (χ0) is 19.0. The number of H-pyrrole nitrogens is 1. The molecule has 1 aliphatic heterocycles. The van der Waals surface area contributed by atoms with E-state index in [2.05, 4.69) is 25.9 Å². The molecule has 0 fully saturated rings. The standard InChI is InChI=1S/C18H16N6O3/c1-10-14(9-20-24(10)15-4-5-16(25)23-22-15)18(27)21-12-3-2-11-6-7-19-17(26)13(11)8-12/h2-5,8-9H,6-7H2,1H3,(H,19,26)(H,21,27)(H,23,25). The minimum absolute atomic E-state index is 0.138. The monoisotopic (exact) mass is 364 g/mol. The predicted octanol–water partition coefficient (Wildman–Crippen LogP) is 0.802. The van der Waals surface area contributed by atoms with Gasteiger partial charge in [-0.2, -0.15) is 10.2 Å². The molecule has 9 nitrogen and oxygen atoms in total. The molecule has 27 heavy (non-hydrogen) atoms. The van der Waals surface area contributed by atoms with Crippen LogP contribution in [0.4, 0.5) is 5.69 Å². The molecule has 0 saturated heterocycles. The number of amides is 2. The number of hydrogen-bond acceptors (Lipinski definition) is 5. The molecule has 2 aromatic heterocycles. The third kappa shape index (κ3) is 3.10. The topological polar surface area (TPSA) is 122 Å². The van der Waals surface area contributed by atoms with E-state index in [0.29, 0.717) is 34.9 Å². The molecule has 2 amide bonds. The number of carbonyl (C=O) groups is 2. The van der Waals surface area contributed by atoms with Crippen molar-refractivity contribution < 1.29 is 9.59 Å². The highest BCUT2D eigenvalue weighted by atomic mass is 16.2. The van der Waals surface area contributed by atoms with Crippen molar-refractivity contribution in [1.29, 1.82) is 0 Å². The number of anilines is 1. The Labute approximate surface area is 153 Å². The second-order valence-electron chi connectivity index (χ2n) is 6.17. The van der Waals surface area contributed by atoms with Gasteiger partial charge in [0.1, 0.15) is 0 Å². The summed E-state index contributed by atoms with van der Waals surface area (Å²) in [4.78, 5) is 35.7. The first-order chi connectivity index (χ1) is 13.0. The van der Waals surface area contributed by atoms with E-state index in [4.69, 9.17) is 0 Å². The van der Waals surface area contributed by atoms with Crippen LogP contribution in [0.15, 0.2) is 41.3 Å². The first kappa shape index (κ1) is 16.7. The summed E-state index contributed by atoms with van der Waals surface area (Å²) in [5.41, 5.74) is 2.69. The maximum Gasteiger partial charge on any atom is 0.264 e. The van der Waals surface area contributed by atoms with Crippen LogP contribution < -0.4 is 16.2 Å². The molecule has 4 rings (SSSR count). The van der Waals surface area contributed by atoms with E-state index in [1.165, 1.54) is 23.0 Å². The Kier molecular flexibility index (Phi) is 4.03. The number of carbonyl (C=O) groups excluding carboxylic acids is 2. The summed E-state index contributed by atoms with van der Waals surface area (Å²) in [7, 11) is 0. The fraction of sp³-hybridized carbons (Fsp3) is 0.167. The van der Waals surface area contributed by atoms with Crippen molar-refractivity contribution in [3.8, 4) is 5.82 Å². The van der Waals surface area contributed by atoms with Gasteiger partial charge in [0, 0.05) is 23.9 Å². The molecule has 1 aromatic carbocycles. The number of nitrogens with zero attached hydrogens (tertiary/aromatic N) is 3. The average Bonchev–Trinajstić information content (AvgIpc) is 3.05. The van der Waals surface area contributed by atoms with Crippen LogP contribution in [0.3, 0.4) is 0 Å². The molecule has 0 aliphatic carbocycles. The number of benzene rings is 1. The average molecular weight is 364 g/mol. The maximum absolute atomic E-state index is 12.6.